The summed E-state index contributed by atoms with van der Waals surface area (Å²) in [5, 5.41) is 12.0. The molecule has 4 nitrogen and oxygen atoms in total. The molecule has 1 aromatic carbocycles. The number of nitrogens with one attached hydrogen (secondary N) is 1. The van der Waals surface area contributed by atoms with E-state index in [0.29, 0.717) is 17.3 Å². The second-order valence-electron chi connectivity index (χ2n) is 3.78. The van der Waals surface area contributed by atoms with Crippen LogP contribution >= 0.6 is 23.4 Å². The average molecular weight is 304 g/mol. The van der Waals surface area contributed by atoms with Crippen molar-refractivity contribution < 1.29 is 14.6 Å². The van der Waals surface area contributed by atoms with Gasteiger partial charge in [-0.25, -0.2) is 0 Å². The molecule has 6 heteroatoms. The zero-order chi connectivity index (χ0) is 13.9. The van der Waals surface area contributed by atoms with Gasteiger partial charge in [-0.1, -0.05) is 11.6 Å². The second-order valence-corrected chi connectivity index (χ2v) is 5.44. The molecule has 0 heterocycles. The SMILES string of the molecule is O=C(COc1ccc(Cl)cc1)NCCSCCCO. The zero-order valence-corrected chi connectivity index (χ0v) is 12.2. The van der Waals surface area contributed by atoms with Gasteiger partial charge >= 0.3 is 0 Å². The summed E-state index contributed by atoms with van der Waals surface area (Å²) in [6.45, 7) is 0.830. The van der Waals surface area contributed by atoms with Gasteiger partial charge in [0.25, 0.3) is 5.91 Å². The van der Waals surface area contributed by atoms with Crippen molar-refractivity contribution in [2.24, 2.45) is 0 Å². The molecule has 2 N–H and O–H groups in total. The van der Waals surface area contributed by atoms with Crippen molar-refractivity contribution in [1.82, 2.24) is 5.32 Å². The molecule has 19 heavy (non-hydrogen) atoms. The molecular weight excluding hydrogens is 286 g/mol. The van der Waals surface area contributed by atoms with E-state index in [1.165, 1.54) is 0 Å². The molecule has 0 spiro atoms. The molecule has 0 bridgehead atoms. The van der Waals surface area contributed by atoms with Gasteiger partial charge < -0.3 is 15.2 Å². The Morgan fingerprint density at radius 1 is 1.32 bits per heavy atom. The number of ether oxygens (including phenoxy) is 1. The largest absolute Gasteiger partial charge is 0.484 e. The quantitative estimate of drug-likeness (QED) is 0.685. The Balaban J connectivity index is 2.06. The van der Waals surface area contributed by atoms with Gasteiger partial charge in [-0.2, -0.15) is 11.8 Å². The van der Waals surface area contributed by atoms with E-state index in [2.05, 4.69) is 5.32 Å². The highest BCUT2D eigenvalue weighted by atomic mass is 35.5. The van der Waals surface area contributed by atoms with Crippen LogP contribution in [0.4, 0.5) is 0 Å². The summed E-state index contributed by atoms with van der Waals surface area (Å²) < 4.78 is 5.31. The molecule has 0 fully saturated rings. The van der Waals surface area contributed by atoms with E-state index in [-0.39, 0.29) is 19.1 Å². The maximum atomic E-state index is 11.5. The second kappa shape index (κ2) is 9.95. The van der Waals surface area contributed by atoms with Gasteiger partial charge in [0.1, 0.15) is 5.75 Å². The first-order valence-corrected chi connectivity index (χ1v) is 7.59. The van der Waals surface area contributed by atoms with Gasteiger partial charge in [0.2, 0.25) is 0 Å². The number of thioether (sulfide) groups is 1. The van der Waals surface area contributed by atoms with Crippen LogP contribution in [0.3, 0.4) is 0 Å². The van der Waals surface area contributed by atoms with Gasteiger partial charge in [-0.3, -0.25) is 4.79 Å². The van der Waals surface area contributed by atoms with E-state index in [4.69, 9.17) is 21.4 Å². The molecule has 0 atom stereocenters. The molecule has 0 aromatic heterocycles. The van der Waals surface area contributed by atoms with E-state index < -0.39 is 0 Å². The van der Waals surface area contributed by atoms with Crippen LogP contribution in [0.15, 0.2) is 24.3 Å². The number of hydrogen-bond acceptors (Lipinski definition) is 4. The lowest BCUT2D eigenvalue weighted by Gasteiger charge is -2.07. The summed E-state index contributed by atoms with van der Waals surface area (Å²) in [6, 6.07) is 6.87. The smallest absolute Gasteiger partial charge is 0.257 e. The number of carbonyl (C=O) groups is 1. The van der Waals surface area contributed by atoms with Crippen molar-refractivity contribution >= 4 is 29.3 Å². The highest BCUT2D eigenvalue weighted by molar-refractivity contribution is 7.99. The third-order valence-electron chi connectivity index (χ3n) is 2.20. The highest BCUT2D eigenvalue weighted by Crippen LogP contribution is 2.15. The molecule has 0 saturated heterocycles. The third kappa shape index (κ3) is 7.97. The maximum Gasteiger partial charge on any atom is 0.257 e. The third-order valence-corrected chi connectivity index (χ3v) is 3.52. The fourth-order valence-corrected chi connectivity index (χ4v) is 2.17. The number of rotatable bonds is 9. The Labute approximate surface area is 122 Å². The molecule has 0 saturated carbocycles. The standard InChI is InChI=1S/C13H18ClNO3S/c14-11-2-4-12(5-3-11)18-10-13(17)15-6-9-19-8-1-7-16/h2-5,16H,1,6-10H2,(H,15,17). The van der Waals surface area contributed by atoms with Crippen LogP contribution in [0.5, 0.6) is 5.75 Å². The predicted molar refractivity (Wildman–Crippen MR) is 79.0 cm³/mol. The van der Waals surface area contributed by atoms with Crippen molar-refractivity contribution in [1.29, 1.82) is 0 Å². The van der Waals surface area contributed by atoms with Gasteiger partial charge in [0.15, 0.2) is 6.61 Å². The lowest BCUT2D eigenvalue weighted by Crippen LogP contribution is -2.30. The molecule has 1 amide bonds. The van der Waals surface area contributed by atoms with E-state index in [0.717, 1.165) is 17.9 Å². The molecule has 0 aliphatic rings. The number of amides is 1. The summed E-state index contributed by atoms with van der Waals surface area (Å²) >= 11 is 7.45. The Hall–Kier alpha value is -0.910. The Bertz CT molecular complexity index is 373. The Morgan fingerprint density at radius 3 is 2.74 bits per heavy atom. The lowest BCUT2D eigenvalue weighted by molar-refractivity contribution is -0.122. The van der Waals surface area contributed by atoms with Gasteiger partial charge in [-0.15, -0.1) is 0 Å². The maximum absolute atomic E-state index is 11.5. The summed E-state index contributed by atoms with van der Waals surface area (Å²) in [5.74, 6) is 2.23. The van der Waals surface area contributed by atoms with Crippen LogP contribution in [0, 0.1) is 0 Å². The highest BCUT2D eigenvalue weighted by Gasteiger charge is 2.02. The fraction of sp³-hybridized carbons (Fsp3) is 0.462. The Morgan fingerprint density at radius 2 is 2.05 bits per heavy atom. The van der Waals surface area contributed by atoms with Gasteiger partial charge in [0, 0.05) is 23.9 Å². The Kier molecular flexibility index (Phi) is 8.45. The van der Waals surface area contributed by atoms with Crippen molar-refractivity contribution in [3.8, 4) is 5.75 Å². The summed E-state index contributed by atoms with van der Waals surface area (Å²) in [4.78, 5) is 11.5. The molecule has 1 aromatic rings. The van der Waals surface area contributed by atoms with Crippen LogP contribution in [-0.4, -0.2) is 42.3 Å². The summed E-state index contributed by atoms with van der Waals surface area (Å²) in [7, 11) is 0. The monoisotopic (exact) mass is 303 g/mol. The van der Waals surface area contributed by atoms with Crippen LogP contribution in [0.25, 0.3) is 0 Å². The van der Waals surface area contributed by atoms with Crippen LogP contribution in [0.2, 0.25) is 5.02 Å². The van der Waals surface area contributed by atoms with Crippen molar-refractivity contribution in [2.75, 3.05) is 31.3 Å². The first-order chi connectivity index (χ1) is 9.22. The molecule has 0 aliphatic carbocycles. The van der Waals surface area contributed by atoms with Crippen LogP contribution in [-0.2, 0) is 4.79 Å². The zero-order valence-electron chi connectivity index (χ0n) is 10.6. The minimum absolute atomic E-state index is 0.00292. The number of hydrogen-bond donors (Lipinski definition) is 2. The normalized spacial score (nSPS) is 10.2. The number of halogens is 1. The topological polar surface area (TPSA) is 58.6 Å². The molecule has 0 aliphatic heterocycles. The van der Waals surface area contributed by atoms with Crippen molar-refractivity contribution in [2.45, 2.75) is 6.42 Å². The first kappa shape index (κ1) is 16.1. The number of aliphatic hydroxyl groups excluding tert-OH is 1. The molecule has 0 unspecified atom stereocenters. The van der Waals surface area contributed by atoms with Crippen molar-refractivity contribution in [3.05, 3.63) is 29.3 Å². The van der Waals surface area contributed by atoms with Crippen LogP contribution < -0.4 is 10.1 Å². The van der Waals surface area contributed by atoms with E-state index in [1.807, 2.05) is 0 Å². The number of benzene rings is 1. The first-order valence-electron chi connectivity index (χ1n) is 6.06. The van der Waals surface area contributed by atoms with E-state index in [1.54, 1.807) is 36.0 Å². The average Bonchev–Trinajstić information content (AvgIpc) is 2.42. The van der Waals surface area contributed by atoms with E-state index >= 15 is 0 Å². The summed E-state index contributed by atoms with van der Waals surface area (Å²) in [5.41, 5.74) is 0. The van der Waals surface area contributed by atoms with Gasteiger partial charge in [-0.05, 0) is 36.4 Å². The van der Waals surface area contributed by atoms with Crippen LogP contribution in [0.1, 0.15) is 6.42 Å². The summed E-state index contributed by atoms with van der Waals surface area (Å²) in [6.07, 6.45) is 0.790. The predicted octanol–water partition coefficient (Wildman–Crippen LogP) is 1.95. The molecular formula is C13H18ClNO3S. The minimum atomic E-state index is -0.141. The number of carbonyl (C=O) groups excluding carboxylic acids is 1. The fourth-order valence-electron chi connectivity index (χ4n) is 1.26. The molecule has 1 rings (SSSR count). The van der Waals surface area contributed by atoms with Gasteiger partial charge in [0.05, 0.1) is 0 Å². The minimum Gasteiger partial charge on any atom is -0.484 e. The lowest BCUT2D eigenvalue weighted by atomic mass is 10.3. The molecule has 106 valence electrons. The number of aliphatic hydroxyl groups is 1. The van der Waals surface area contributed by atoms with Crippen molar-refractivity contribution in [3.63, 3.8) is 0 Å². The molecule has 0 radical (unpaired) electrons. The van der Waals surface area contributed by atoms with E-state index in [9.17, 15) is 4.79 Å².